The molecule has 21 heavy (non-hydrogen) atoms. The normalized spacial score (nSPS) is 12.1. The Labute approximate surface area is 120 Å². The molecule has 1 N–H and O–H groups in total. The minimum absolute atomic E-state index is 0.264. The van der Waals surface area contributed by atoms with Gasteiger partial charge in [-0.2, -0.15) is 9.78 Å². The van der Waals surface area contributed by atoms with Crippen LogP contribution < -0.4 is 5.32 Å². The van der Waals surface area contributed by atoms with Crippen LogP contribution in [0.15, 0.2) is 18.5 Å². The SMILES string of the molecule is Cc1cc([N+](=O)[O-])nn1C(C)C(=O)NCc1cnn(C)c1. The minimum Gasteiger partial charge on any atom is -0.358 e. The Morgan fingerprint density at radius 1 is 1.57 bits per heavy atom. The van der Waals surface area contributed by atoms with Crippen molar-refractivity contribution in [3.8, 4) is 0 Å². The zero-order valence-corrected chi connectivity index (χ0v) is 12.0. The summed E-state index contributed by atoms with van der Waals surface area (Å²) in [7, 11) is 1.79. The van der Waals surface area contributed by atoms with Gasteiger partial charge in [-0.25, -0.2) is 0 Å². The van der Waals surface area contributed by atoms with Crippen LogP contribution in [0.1, 0.15) is 24.2 Å². The standard InChI is InChI=1S/C12H16N6O3/c1-8-4-11(18(20)21)15-17(8)9(2)12(19)13-5-10-6-14-16(3)7-10/h4,6-7,9H,5H2,1-3H3,(H,13,19). The quantitative estimate of drug-likeness (QED) is 0.645. The van der Waals surface area contributed by atoms with Crippen molar-refractivity contribution < 1.29 is 9.72 Å². The molecule has 1 amide bonds. The van der Waals surface area contributed by atoms with E-state index in [2.05, 4.69) is 15.5 Å². The van der Waals surface area contributed by atoms with Gasteiger partial charge in [0.1, 0.15) is 6.04 Å². The molecule has 0 radical (unpaired) electrons. The van der Waals surface area contributed by atoms with E-state index >= 15 is 0 Å². The molecule has 2 heterocycles. The van der Waals surface area contributed by atoms with Crippen molar-refractivity contribution in [1.82, 2.24) is 24.9 Å². The average molecular weight is 292 g/mol. The summed E-state index contributed by atoms with van der Waals surface area (Å²) in [5.74, 6) is -0.528. The largest absolute Gasteiger partial charge is 0.390 e. The third-order valence-electron chi connectivity index (χ3n) is 3.07. The number of carbonyl (C=O) groups is 1. The van der Waals surface area contributed by atoms with Crippen LogP contribution in [0.4, 0.5) is 5.82 Å². The minimum atomic E-state index is -0.629. The van der Waals surface area contributed by atoms with E-state index in [0.717, 1.165) is 5.56 Å². The van der Waals surface area contributed by atoms with Crippen LogP contribution in [0.2, 0.25) is 0 Å². The highest BCUT2D eigenvalue weighted by Gasteiger charge is 2.24. The van der Waals surface area contributed by atoms with Gasteiger partial charge in [0.15, 0.2) is 0 Å². The summed E-state index contributed by atoms with van der Waals surface area (Å²) in [6.07, 6.45) is 3.46. The second-order valence-electron chi connectivity index (χ2n) is 4.76. The molecule has 0 saturated heterocycles. The first kappa shape index (κ1) is 14.7. The van der Waals surface area contributed by atoms with Gasteiger partial charge >= 0.3 is 5.82 Å². The van der Waals surface area contributed by atoms with Crippen LogP contribution in [-0.4, -0.2) is 30.4 Å². The number of nitrogens with zero attached hydrogens (tertiary/aromatic N) is 5. The number of rotatable bonds is 5. The van der Waals surface area contributed by atoms with Crippen molar-refractivity contribution in [2.75, 3.05) is 0 Å². The Morgan fingerprint density at radius 2 is 2.29 bits per heavy atom. The second kappa shape index (κ2) is 5.73. The molecule has 0 aliphatic carbocycles. The molecule has 1 atom stereocenters. The molecule has 0 aliphatic rings. The molecule has 0 spiro atoms. The van der Waals surface area contributed by atoms with Gasteiger partial charge in [0.2, 0.25) is 5.91 Å². The van der Waals surface area contributed by atoms with Crippen molar-refractivity contribution in [1.29, 1.82) is 0 Å². The maximum absolute atomic E-state index is 12.1. The van der Waals surface area contributed by atoms with E-state index in [1.807, 2.05) is 0 Å². The number of aryl methyl sites for hydroxylation is 2. The summed E-state index contributed by atoms with van der Waals surface area (Å²) >= 11 is 0. The van der Waals surface area contributed by atoms with Gasteiger partial charge in [-0.1, -0.05) is 0 Å². The highest BCUT2D eigenvalue weighted by Crippen LogP contribution is 2.16. The maximum Gasteiger partial charge on any atom is 0.390 e. The number of aromatic nitrogens is 4. The first-order valence-electron chi connectivity index (χ1n) is 6.34. The molecule has 2 rings (SSSR count). The first-order chi connectivity index (χ1) is 9.88. The number of hydrogen-bond acceptors (Lipinski definition) is 5. The van der Waals surface area contributed by atoms with Crippen molar-refractivity contribution in [3.05, 3.63) is 39.8 Å². The number of hydrogen-bond donors (Lipinski definition) is 1. The van der Waals surface area contributed by atoms with E-state index < -0.39 is 11.0 Å². The summed E-state index contributed by atoms with van der Waals surface area (Å²) in [4.78, 5) is 22.2. The average Bonchev–Trinajstić information content (AvgIpc) is 3.01. The Bertz CT molecular complexity index is 674. The summed E-state index contributed by atoms with van der Waals surface area (Å²) in [5.41, 5.74) is 1.44. The van der Waals surface area contributed by atoms with Gasteiger partial charge in [-0.05, 0) is 18.8 Å². The van der Waals surface area contributed by atoms with E-state index in [1.165, 1.54) is 10.7 Å². The van der Waals surface area contributed by atoms with Gasteiger partial charge in [-0.15, -0.1) is 0 Å². The molecule has 0 saturated carbocycles. The van der Waals surface area contributed by atoms with Crippen LogP contribution in [0.5, 0.6) is 0 Å². The highest BCUT2D eigenvalue weighted by molar-refractivity contribution is 5.79. The fourth-order valence-electron chi connectivity index (χ4n) is 1.96. The lowest BCUT2D eigenvalue weighted by Gasteiger charge is -2.10. The number of amides is 1. The molecule has 112 valence electrons. The molecular formula is C12H16N6O3. The topological polar surface area (TPSA) is 108 Å². The van der Waals surface area contributed by atoms with E-state index in [-0.39, 0.29) is 11.7 Å². The maximum atomic E-state index is 12.1. The fourth-order valence-corrected chi connectivity index (χ4v) is 1.96. The predicted octanol–water partition coefficient (Wildman–Crippen LogP) is 0.711. The number of nitro groups is 1. The van der Waals surface area contributed by atoms with Gasteiger partial charge in [-0.3, -0.25) is 9.48 Å². The lowest BCUT2D eigenvalue weighted by molar-refractivity contribution is -0.389. The summed E-state index contributed by atoms with van der Waals surface area (Å²) in [6.45, 7) is 3.66. The van der Waals surface area contributed by atoms with Gasteiger partial charge in [0, 0.05) is 25.4 Å². The monoisotopic (exact) mass is 292 g/mol. The first-order valence-corrected chi connectivity index (χ1v) is 6.34. The van der Waals surface area contributed by atoms with Crippen molar-refractivity contribution in [3.63, 3.8) is 0 Å². The van der Waals surface area contributed by atoms with Crippen LogP contribution in [0, 0.1) is 17.0 Å². The Morgan fingerprint density at radius 3 is 2.81 bits per heavy atom. The van der Waals surface area contributed by atoms with E-state index in [0.29, 0.717) is 12.2 Å². The van der Waals surface area contributed by atoms with Gasteiger partial charge < -0.3 is 15.4 Å². The van der Waals surface area contributed by atoms with Crippen LogP contribution in [0.25, 0.3) is 0 Å². The predicted molar refractivity (Wildman–Crippen MR) is 73.4 cm³/mol. The Hall–Kier alpha value is -2.71. The molecule has 2 aromatic rings. The molecule has 0 aromatic carbocycles. The third-order valence-corrected chi connectivity index (χ3v) is 3.07. The summed E-state index contributed by atoms with van der Waals surface area (Å²) in [5, 5.41) is 21.3. The molecule has 0 bridgehead atoms. The van der Waals surface area contributed by atoms with Crippen LogP contribution in [-0.2, 0) is 18.4 Å². The molecule has 9 heteroatoms. The highest BCUT2D eigenvalue weighted by atomic mass is 16.6. The number of carbonyl (C=O) groups excluding carboxylic acids is 1. The van der Waals surface area contributed by atoms with Gasteiger partial charge in [0.05, 0.1) is 23.1 Å². The van der Waals surface area contributed by atoms with E-state index in [9.17, 15) is 14.9 Å². The summed E-state index contributed by atoms with van der Waals surface area (Å²) in [6, 6.07) is 0.709. The Kier molecular flexibility index (Phi) is 4.01. The summed E-state index contributed by atoms with van der Waals surface area (Å²) < 4.78 is 2.99. The molecular weight excluding hydrogens is 276 g/mol. The lowest BCUT2D eigenvalue weighted by Crippen LogP contribution is -2.31. The van der Waals surface area contributed by atoms with Gasteiger partial charge in [0.25, 0.3) is 0 Å². The Balaban J connectivity index is 2.03. The van der Waals surface area contributed by atoms with Crippen LogP contribution in [0.3, 0.4) is 0 Å². The molecule has 0 aliphatic heterocycles. The second-order valence-corrected chi connectivity index (χ2v) is 4.76. The van der Waals surface area contributed by atoms with E-state index in [1.54, 1.807) is 38.0 Å². The van der Waals surface area contributed by atoms with Crippen molar-refractivity contribution in [2.24, 2.45) is 7.05 Å². The lowest BCUT2D eigenvalue weighted by atomic mass is 10.3. The van der Waals surface area contributed by atoms with Crippen molar-refractivity contribution in [2.45, 2.75) is 26.4 Å². The smallest absolute Gasteiger partial charge is 0.358 e. The zero-order chi connectivity index (χ0) is 15.6. The molecule has 0 fully saturated rings. The fraction of sp³-hybridized carbons (Fsp3) is 0.417. The molecule has 2 aromatic heterocycles. The van der Waals surface area contributed by atoms with E-state index in [4.69, 9.17) is 0 Å². The third kappa shape index (κ3) is 3.25. The molecule has 1 unspecified atom stereocenters. The zero-order valence-electron chi connectivity index (χ0n) is 12.0. The molecule has 9 nitrogen and oxygen atoms in total. The van der Waals surface area contributed by atoms with Crippen molar-refractivity contribution >= 4 is 11.7 Å². The number of nitrogens with one attached hydrogen (secondary N) is 1. The van der Waals surface area contributed by atoms with Crippen LogP contribution >= 0.6 is 0 Å².